The minimum atomic E-state index is -5.64. The van der Waals surface area contributed by atoms with E-state index in [9.17, 15) is 41.1 Å². The Labute approximate surface area is 452 Å². The van der Waals surface area contributed by atoms with Gasteiger partial charge in [-0.05, 0) is 116 Å². The smallest absolute Gasteiger partial charge is 0.506 e. The van der Waals surface area contributed by atoms with Crippen LogP contribution in [-0.2, 0) is 30.9 Å². The third-order valence-electron chi connectivity index (χ3n) is 10.8. The molecule has 3 N–H and O–H groups in total. The van der Waals surface area contributed by atoms with Crippen molar-refractivity contribution in [2.45, 2.75) is 25.9 Å². The summed E-state index contributed by atoms with van der Waals surface area (Å²) in [6, 6.07) is 31.7. The van der Waals surface area contributed by atoms with E-state index in [0.717, 1.165) is 56.8 Å². The van der Waals surface area contributed by atoms with Crippen LogP contribution in [0.25, 0.3) is 44.3 Å². The first-order valence-electron chi connectivity index (χ1n) is 23.8. The largest absolute Gasteiger partial charge is 0.534 e. The van der Waals surface area contributed by atoms with Crippen molar-refractivity contribution in [1.29, 1.82) is 0 Å². The molecule has 0 bridgehead atoms. The van der Waals surface area contributed by atoms with Gasteiger partial charge in [-0.25, -0.2) is 22.9 Å². The topological polar surface area (TPSA) is 283 Å². The van der Waals surface area contributed by atoms with E-state index >= 15 is 0 Å². The second-order valence-corrected chi connectivity index (χ2v) is 17.6. The summed E-state index contributed by atoms with van der Waals surface area (Å²) in [5.74, 6) is -0.591. The lowest BCUT2D eigenvalue weighted by atomic mass is 10.1. The van der Waals surface area contributed by atoms with Crippen LogP contribution in [0.2, 0.25) is 0 Å². The molecular formula is C53H48F3N11O12S. The van der Waals surface area contributed by atoms with Crippen LogP contribution < -0.4 is 8.92 Å². The lowest BCUT2D eigenvalue weighted by Crippen LogP contribution is -2.28. The maximum Gasteiger partial charge on any atom is 0.534 e. The highest BCUT2D eigenvalue weighted by molar-refractivity contribution is 7.88. The monoisotopic (exact) mass is 1120 g/mol. The SMILES string of the molecule is CCOC(=O)Cn1nccc1C=O.CCOC(=O)c1c(O)ccc2ccnn12.O=S(=O)(Oc1ccc2ccnn2c1)C(F)(F)F.OCCOc1ccc(-c2cnn3cc(-c4ccncc4)ccc23)cc1.Oc1ccc2ccnn2c1. The van der Waals surface area contributed by atoms with E-state index in [-0.39, 0.29) is 37.0 Å². The standard InChI is InChI=1S/C20H17N3O2.C10H10N2O3.C8H5F3N2O3S.C8H10N2O3.C7H6N2O/c24-11-12-25-18-4-1-16(2-5-18)19-13-22-23-14-17(3-6-20(19)23)15-7-9-21-10-8-15;1-2-15-10(14)9-8(13)4-3-7-5-6-11-12(7)9;9-8(10,11)17(14,15)16-7-2-1-6-3-4-12-13(6)5-7;1-2-13-8(12)5-10-7(6-11)3-4-9-10;10-7-2-1-6-3-4-8-9(6)5-7/h1-10,13-14,24H,11-12H2;3-6,13H,2H2,1H3;1-5H;3-4,6H,2,5H2,1H3;1-5,10H. The number of halogens is 3. The number of carbonyl (C=O) groups is 3. The zero-order valence-corrected chi connectivity index (χ0v) is 43.1. The van der Waals surface area contributed by atoms with E-state index in [1.54, 1.807) is 73.6 Å². The molecule has 0 spiro atoms. The molecule has 0 atom stereocenters. The Morgan fingerprint density at radius 1 is 0.637 bits per heavy atom. The van der Waals surface area contributed by atoms with Gasteiger partial charge in [0.1, 0.15) is 36.1 Å². The summed E-state index contributed by atoms with van der Waals surface area (Å²) in [5, 5.41) is 47.3. The minimum absolute atomic E-state index is 0.00953. The molecule has 80 heavy (non-hydrogen) atoms. The molecule has 414 valence electrons. The predicted octanol–water partition coefficient (Wildman–Crippen LogP) is 7.51. The number of nitrogens with zero attached hydrogens (tertiary/aromatic N) is 11. The zero-order valence-electron chi connectivity index (χ0n) is 42.3. The second-order valence-electron chi connectivity index (χ2n) is 16.1. The Morgan fingerprint density at radius 2 is 1.26 bits per heavy atom. The van der Waals surface area contributed by atoms with Crippen LogP contribution >= 0.6 is 0 Å². The van der Waals surface area contributed by atoms with Gasteiger partial charge < -0.3 is 33.7 Å². The highest BCUT2D eigenvalue weighted by Gasteiger charge is 2.48. The summed E-state index contributed by atoms with van der Waals surface area (Å²) in [6.45, 7) is 4.31. The molecule has 0 aliphatic heterocycles. The molecule has 0 aliphatic rings. The number of ether oxygens (including phenoxy) is 3. The first kappa shape index (κ1) is 57.6. The summed E-state index contributed by atoms with van der Waals surface area (Å²) >= 11 is 0. The molecule has 0 saturated heterocycles. The maximum absolute atomic E-state index is 12.0. The molecule has 0 fully saturated rings. The number of carbonyl (C=O) groups excluding carboxylic acids is 3. The number of hydrogen-bond donors (Lipinski definition) is 3. The molecule has 23 nitrogen and oxygen atoms in total. The number of pyridine rings is 5. The number of aromatic nitrogens is 11. The third-order valence-corrected chi connectivity index (χ3v) is 11.7. The van der Waals surface area contributed by atoms with Crippen molar-refractivity contribution < 1.29 is 69.7 Å². The number of benzene rings is 1. The van der Waals surface area contributed by atoms with Gasteiger partial charge in [-0.1, -0.05) is 18.2 Å². The zero-order chi connectivity index (χ0) is 57.2. The summed E-state index contributed by atoms with van der Waals surface area (Å²) < 4.78 is 83.8. The fourth-order valence-corrected chi connectivity index (χ4v) is 7.56. The number of fused-ring (bicyclic) bond motifs is 4. The van der Waals surface area contributed by atoms with Crippen molar-refractivity contribution in [2.24, 2.45) is 0 Å². The van der Waals surface area contributed by atoms with Crippen LogP contribution in [0, 0.1) is 0 Å². The molecule has 1 aromatic carbocycles. The normalized spacial score (nSPS) is 11.0. The molecule has 0 aliphatic carbocycles. The highest BCUT2D eigenvalue weighted by atomic mass is 32.2. The summed E-state index contributed by atoms with van der Waals surface area (Å²) in [4.78, 5) is 37.0. The molecule has 10 aromatic heterocycles. The molecular weight excluding hydrogens is 1070 g/mol. The number of aromatic hydroxyl groups is 2. The van der Waals surface area contributed by atoms with E-state index in [1.807, 2.05) is 65.4 Å². The summed E-state index contributed by atoms with van der Waals surface area (Å²) in [6.07, 6.45) is 16.8. The van der Waals surface area contributed by atoms with Gasteiger partial charge in [-0.15, -0.1) is 0 Å². The molecule has 0 radical (unpaired) electrons. The highest BCUT2D eigenvalue weighted by Crippen LogP contribution is 2.30. The van der Waals surface area contributed by atoms with Gasteiger partial charge in [0.15, 0.2) is 17.7 Å². The van der Waals surface area contributed by atoms with Crippen molar-refractivity contribution in [2.75, 3.05) is 26.4 Å². The number of aliphatic hydroxyl groups excluding tert-OH is 1. The number of esters is 2. The van der Waals surface area contributed by atoms with Crippen LogP contribution in [-0.4, -0.2) is 127 Å². The number of alkyl halides is 3. The number of hydrogen-bond acceptors (Lipinski definition) is 18. The molecule has 0 saturated carbocycles. The van der Waals surface area contributed by atoms with E-state index < -0.39 is 33.3 Å². The molecule has 27 heteroatoms. The first-order valence-corrected chi connectivity index (χ1v) is 25.2. The van der Waals surface area contributed by atoms with E-state index in [1.165, 1.54) is 44.3 Å². The van der Waals surface area contributed by atoms with Gasteiger partial charge in [0.05, 0.1) is 66.7 Å². The number of aliphatic hydroxyl groups is 1. The van der Waals surface area contributed by atoms with Crippen LogP contribution in [0.15, 0.2) is 171 Å². The molecule has 0 amide bonds. The van der Waals surface area contributed by atoms with Crippen LogP contribution in [0.5, 0.6) is 23.0 Å². The Hall–Kier alpha value is -10.2. The Balaban J connectivity index is 0.000000150. The third kappa shape index (κ3) is 14.9. The Kier molecular flexibility index (Phi) is 19.2. The maximum atomic E-state index is 12.0. The van der Waals surface area contributed by atoms with Crippen molar-refractivity contribution in [3.05, 3.63) is 183 Å². The van der Waals surface area contributed by atoms with E-state index in [0.29, 0.717) is 30.7 Å². The molecule has 10 heterocycles. The van der Waals surface area contributed by atoms with Gasteiger partial charge in [-0.3, -0.25) is 19.3 Å². The van der Waals surface area contributed by atoms with Gasteiger partial charge in [0.2, 0.25) is 0 Å². The predicted molar refractivity (Wildman–Crippen MR) is 281 cm³/mol. The Morgan fingerprint density at radius 3 is 1.94 bits per heavy atom. The molecule has 11 rings (SSSR count). The van der Waals surface area contributed by atoms with Gasteiger partial charge >= 0.3 is 27.6 Å². The Bertz CT molecular complexity index is 3940. The second kappa shape index (κ2) is 26.8. The fraction of sp³-hybridized carbons (Fsp3) is 0.151. The quantitative estimate of drug-likeness (QED) is 0.0435. The van der Waals surface area contributed by atoms with Crippen LogP contribution in [0.3, 0.4) is 0 Å². The van der Waals surface area contributed by atoms with Gasteiger partial charge in [0.25, 0.3) is 0 Å². The van der Waals surface area contributed by atoms with Gasteiger partial charge in [0, 0.05) is 48.3 Å². The fourth-order valence-electron chi connectivity index (χ4n) is 7.11. The van der Waals surface area contributed by atoms with E-state index in [4.69, 9.17) is 24.4 Å². The first-order chi connectivity index (χ1) is 38.5. The van der Waals surface area contributed by atoms with E-state index in [2.05, 4.69) is 46.8 Å². The van der Waals surface area contributed by atoms with Gasteiger partial charge in [-0.2, -0.15) is 47.1 Å². The van der Waals surface area contributed by atoms with Crippen molar-refractivity contribution in [3.63, 3.8) is 0 Å². The van der Waals surface area contributed by atoms with Crippen molar-refractivity contribution in [3.8, 4) is 45.3 Å². The number of rotatable bonds is 13. The van der Waals surface area contributed by atoms with Crippen LogP contribution in [0.4, 0.5) is 13.2 Å². The molecule has 11 aromatic rings. The summed E-state index contributed by atoms with van der Waals surface area (Å²) in [5.41, 5.74) is 2.67. The lowest BCUT2D eigenvalue weighted by molar-refractivity contribution is -0.144. The average Bonchev–Trinajstić information content (AvgIpc) is 4.37. The minimum Gasteiger partial charge on any atom is -0.506 e. The number of aldehydes is 1. The molecule has 0 unspecified atom stereocenters. The summed E-state index contributed by atoms with van der Waals surface area (Å²) in [7, 11) is -5.64. The lowest BCUT2D eigenvalue weighted by Gasteiger charge is -2.09. The van der Waals surface area contributed by atoms with Crippen molar-refractivity contribution >= 4 is 50.4 Å². The average molecular weight is 1120 g/mol. The van der Waals surface area contributed by atoms with Crippen LogP contribution in [0.1, 0.15) is 34.8 Å². The van der Waals surface area contributed by atoms with Crippen molar-refractivity contribution in [1.82, 2.24) is 53.2 Å².